The number of nitrogens with zero attached hydrogens (tertiary/aromatic N) is 1. The number of carbonyl (C=O) groups excluding carboxylic acids is 1. The molecular formula is C15H20ClNO. The maximum atomic E-state index is 12.1. The number of hydrogen-bond acceptors (Lipinski definition) is 1. The molecule has 1 amide bonds. The van der Waals surface area contributed by atoms with Gasteiger partial charge in [0.1, 0.15) is 0 Å². The highest BCUT2D eigenvalue weighted by atomic mass is 35.5. The molecule has 0 atom stereocenters. The zero-order chi connectivity index (χ0) is 13.7. The summed E-state index contributed by atoms with van der Waals surface area (Å²) in [6.45, 7) is 8.08. The van der Waals surface area contributed by atoms with Crippen LogP contribution in [0.2, 0.25) is 5.02 Å². The normalized spacial score (nSPS) is 11.5. The Kier molecular flexibility index (Phi) is 5.42. The molecule has 0 bridgehead atoms. The van der Waals surface area contributed by atoms with Gasteiger partial charge in [0.15, 0.2) is 0 Å². The summed E-state index contributed by atoms with van der Waals surface area (Å²) in [5, 5.41) is 0.675. The van der Waals surface area contributed by atoms with Gasteiger partial charge in [0.05, 0.1) is 0 Å². The Morgan fingerprint density at radius 2 is 1.83 bits per heavy atom. The number of rotatable bonds is 4. The summed E-state index contributed by atoms with van der Waals surface area (Å²) >= 11 is 5.89. The Hall–Kier alpha value is -1.28. The third-order valence-electron chi connectivity index (χ3n) is 2.63. The molecule has 98 valence electrons. The van der Waals surface area contributed by atoms with Crippen LogP contribution in [-0.2, 0) is 4.79 Å². The highest BCUT2D eigenvalue weighted by molar-refractivity contribution is 6.30. The topological polar surface area (TPSA) is 20.3 Å². The van der Waals surface area contributed by atoms with Crippen LogP contribution >= 0.6 is 11.6 Å². The fourth-order valence-electron chi connectivity index (χ4n) is 1.97. The zero-order valence-electron chi connectivity index (χ0n) is 11.4. The van der Waals surface area contributed by atoms with Crippen molar-refractivity contribution >= 4 is 23.6 Å². The van der Waals surface area contributed by atoms with Crippen molar-refractivity contribution in [2.75, 3.05) is 0 Å². The molecule has 0 N–H and O–H groups in total. The van der Waals surface area contributed by atoms with E-state index in [1.807, 2.05) is 56.9 Å². The van der Waals surface area contributed by atoms with Gasteiger partial charge in [0, 0.05) is 23.2 Å². The van der Waals surface area contributed by atoms with Crippen molar-refractivity contribution < 1.29 is 4.79 Å². The molecular weight excluding hydrogens is 246 g/mol. The van der Waals surface area contributed by atoms with Crippen molar-refractivity contribution in [2.45, 2.75) is 39.8 Å². The van der Waals surface area contributed by atoms with Gasteiger partial charge in [-0.3, -0.25) is 4.79 Å². The Balaban J connectivity index is 2.80. The second kappa shape index (κ2) is 6.60. The van der Waals surface area contributed by atoms with E-state index in [-0.39, 0.29) is 18.0 Å². The second-order valence-corrected chi connectivity index (χ2v) is 5.26. The molecule has 0 radical (unpaired) electrons. The van der Waals surface area contributed by atoms with Crippen LogP contribution in [0.4, 0.5) is 0 Å². The Morgan fingerprint density at radius 3 is 2.33 bits per heavy atom. The second-order valence-electron chi connectivity index (χ2n) is 4.82. The molecule has 0 aliphatic heterocycles. The minimum atomic E-state index is 0.0278. The van der Waals surface area contributed by atoms with Gasteiger partial charge in [-0.2, -0.15) is 0 Å². The van der Waals surface area contributed by atoms with Gasteiger partial charge in [-0.1, -0.05) is 23.7 Å². The van der Waals surface area contributed by atoms with Gasteiger partial charge in [-0.15, -0.1) is 0 Å². The lowest BCUT2D eigenvalue weighted by Crippen LogP contribution is -2.41. The first kappa shape index (κ1) is 14.8. The van der Waals surface area contributed by atoms with E-state index in [0.29, 0.717) is 5.02 Å². The number of amides is 1. The lowest BCUT2D eigenvalue weighted by molar-refractivity contribution is -0.129. The van der Waals surface area contributed by atoms with Gasteiger partial charge in [0.2, 0.25) is 5.91 Å². The van der Waals surface area contributed by atoms with Gasteiger partial charge in [-0.05, 0) is 51.5 Å². The first-order chi connectivity index (χ1) is 8.41. The molecule has 0 aromatic heterocycles. The van der Waals surface area contributed by atoms with Crippen LogP contribution in [0.15, 0.2) is 30.3 Å². The molecule has 0 fully saturated rings. The smallest absolute Gasteiger partial charge is 0.247 e. The van der Waals surface area contributed by atoms with Crippen LogP contribution in [0.3, 0.4) is 0 Å². The van der Waals surface area contributed by atoms with Gasteiger partial charge in [0.25, 0.3) is 0 Å². The molecule has 18 heavy (non-hydrogen) atoms. The predicted octanol–water partition coefficient (Wildman–Crippen LogP) is 4.00. The first-order valence-corrected chi connectivity index (χ1v) is 6.55. The average molecular weight is 266 g/mol. The molecule has 0 unspecified atom stereocenters. The molecule has 2 nitrogen and oxygen atoms in total. The maximum absolute atomic E-state index is 12.1. The fraction of sp³-hybridized carbons (Fsp3) is 0.400. The highest BCUT2D eigenvalue weighted by Gasteiger charge is 2.17. The summed E-state index contributed by atoms with van der Waals surface area (Å²) < 4.78 is 0. The summed E-state index contributed by atoms with van der Waals surface area (Å²) in [7, 11) is 0. The summed E-state index contributed by atoms with van der Waals surface area (Å²) in [6, 6.07) is 7.83. The van der Waals surface area contributed by atoms with Crippen molar-refractivity contribution in [3.05, 3.63) is 40.9 Å². The number of benzene rings is 1. The van der Waals surface area contributed by atoms with Gasteiger partial charge in [-0.25, -0.2) is 0 Å². The Bertz CT molecular complexity index is 430. The monoisotopic (exact) mass is 265 g/mol. The molecule has 0 aliphatic carbocycles. The van der Waals surface area contributed by atoms with E-state index in [1.165, 1.54) is 0 Å². The summed E-state index contributed by atoms with van der Waals surface area (Å²) in [6.07, 6.45) is 3.40. The molecule has 1 aromatic rings. The van der Waals surface area contributed by atoms with E-state index in [0.717, 1.165) is 5.56 Å². The SMILES string of the molecule is CC(C)N(C(=O)C=Cc1cccc(Cl)c1)C(C)C. The quantitative estimate of drug-likeness (QED) is 0.754. The zero-order valence-corrected chi connectivity index (χ0v) is 12.1. The van der Waals surface area contributed by atoms with Crippen LogP contribution in [0.1, 0.15) is 33.3 Å². The van der Waals surface area contributed by atoms with Crippen molar-refractivity contribution in [1.82, 2.24) is 4.90 Å². The maximum Gasteiger partial charge on any atom is 0.247 e. The van der Waals surface area contributed by atoms with Gasteiger partial charge < -0.3 is 4.90 Å². The highest BCUT2D eigenvalue weighted by Crippen LogP contribution is 2.13. The van der Waals surface area contributed by atoms with Gasteiger partial charge >= 0.3 is 0 Å². The average Bonchev–Trinajstić information content (AvgIpc) is 2.25. The Labute approximate surface area is 114 Å². The van der Waals surface area contributed by atoms with E-state index in [4.69, 9.17) is 11.6 Å². The molecule has 0 aliphatic rings. The van der Waals surface area contributed by atoms with E-state index in [2.05, 4.69) is 0 Å². The molecule has 1 aromatic carbocycles. The molecule has 3 heteroatoms. The predicted molar refractivity (Wildman–Crippen MR) is 77.6 cm³/mol. The molecule has 0 heterocycles. The lowest BCUT2D eigenvalue weighted by Gasteiger charge is -2.29. The standard InChI is InChI=1S/C15H20ClNO/c1-11(2)17(12(3)4)15(18)9-8-13-6-5-7-14(16)10-13/h5-12H,1-4H3. The fourth-order valence-corrected chi connectivity index (χ4v) is 2.17. The molecule has 1 rings (SSSR count). The van der Waals surface area contributed by atoms with Crippen LogP contribution < -0.4 is 0 Å². The van der Waals surface area contributed by atoms with Crippen LogP contribution in [0, 0.1) is 0 Å². The summed E-state index contributed by atoms with van der Waals surface area (Å²) in [4.78, 5) is 13.9. The summed E-state index contributed by atoms with van der Waals surface area (Å²) in [5.41, 5.74) is 0.934. The van der Waals surface area contributed by atoms with E-state index >= 15 is 0 Å². The van der Waals surface area contributed by atoms with E-state index < -0.39 is 0 Å². The third kappa shape index (κ3) is 4.19. The molecule has 0 saturated carbocycles. The lowest BCUT2D eigenvalue weighted by atomic mass is 10.2. The van der Waals surface area contributed by atoms with Crippen molar-refractivity contribution in [3.63, 3.8) is 0 Å². The van der Waals surface area contributed by atoms with E-state index in [1.54, 1.807) is 12.2 Å². The Morgan fingerprint density at radius 1 is 1.22 bits per heavy atom. The molecule has 0 spiro atoms. The minimum Gasteiger partial charge on any atom is -0.334 e. The van der Waals surface area contributed by atoms with Crippen LogP contribution in [0.5, 0.6) is 0 Å². The first-order valence-electron chi connectivity index (χ1n) is 6.17. The number of hydrogen-bond donors (Lipinski definition) is 0. The van der Waals surface area contributed by atoms with Crippen LogP contribution in [-0.4, -0.2) is 22.9 Å². The van der Waals surface area contributed by atoms with Crippen molar-refractivity contribution in [2.24, 2.45) is 0 Å². The molecule has 0 saturated heterocycles. The van der Waals surface area contributed by atoms with Crippen molar-refractivity contribution in [3.8, 4) is 0 Å². The minimum absolute atomic E-state index is 0.0278. The largest absolute Gasteiger partial charge is 0.334 e. The number of carbonyl (C=O) groups is 1. The van der Waals surface area contributed by atoms with Crippen LogP contribution in [0.25, 0.3) is 6.08 Å². The third-order valence-corrected chi connectivity index (χ3v) is 2.87. The summed E-state index contributed by atoms with van der Waals surface area (Å²) in [5.74, 6) is 0.0278. The number of halogens is 1. The van der Waals surface area contributed by atoms with E-state index in [9.17, 15) is 4.79 Å². The van der Waals surface area contributed by atoms with Crippen molar-refractivity contribution in [1.29, 1.82) is 0 Å².